The molecule has 2 saturated carbocycles. The van der Waals surface area contributed by atoms with Gasteiger partial charge in [-0.05, 0) is 48.8 Å². The van der Waals surface area contributed by atoms with Gasteiger partial charge < -0.3 is 23.7 Å². The lowest BCUT2D eigenvalue weighted by atomic mass is 9.87. The molecule has 2 N–H and O–H groups in total. The molecule has 0 aromatic heterocycles. The number of sulfonamides is 1. The van der Waals surface area contributed by atoms with E-state index in [2.05, 4.69) is 31.0 Å². The van der Waals surface area contributed by atoms with Gasteiger partial charge in [-0.3, -0.25) is 10.2 Å². The van der Waals surface area contributed by atoms with Crippen LogP contribution in [0.15, 0.2) is 29.2 Å². The quantitative estimate of drug-likeness (QED) is 0.533. The molecule has 2 aliphatic carbocycles. The number of nitrogens with one attached hydrogen (secondary N) is 2. The van der Waals surface area contributed by atoms with E-state index >= 15 is 0 Å². The monoisotopic (exact) mass is 564 g/mol. The fourth-order valence-electron chi connectivity index (χ4n) is 6.55. The molecule has 3 saturated heterocycles. The molecule has 5 aliphatic rings. The zero-order chi connectivity index (χ0) is 27.5. The lowest BCUT2D eigenvalue weighted by molar-refractivity contribution is -0.247. The Morgan fingerprint density at radius 2 is 1.33 bits per heavy atom. The average molecular weight is 565 g/mol. The van der Waals surface area contributed by atoms with Crippen LogP contribution in [0.1, 0.15) is 90.5 Å². The largest absolute Gasteiger partial charge is 0.341 e. The van der Waals surface area contributed by atoms with Crippen LogP contribution >= 0.6 is 0 Å². The first-order chi connectivity index (χ1) is 18.5. The maximum Gasteiger partial charge on any atom is 0.267 e. The van der Waals surface area contributed by atoms with Crippen LogP contribution in [0.3, 0.4) is 0 Å². The van der Waals surface area contributed by atoms with E-state index in [4.69, 9.17) is 23.7 Å². The zero-order valence-corrected chi connectivity index (χ0v) is 23.8. The second kappa shape index (κ2) is 10.0. The van der Waals surface area contributed by atoms with Crippen molar-refractivity contribution in [2.45, 2.75) is 138 Å². The van der Waals surface area contributed by atoms with Crippen molar-refractivity contribution in [3.8, 4) is 0 Å². The number of fused-ring (bicyclic) bond motifs is 3. The van der Waals surface area contributed by atoms with Crippen LogP contribution in [0.25, 0.3) is 0 Å². The van der Waals surface area contributed by atoms with E-state index in [0.717, 1.165) is 69.8 Å². The number of benzene rings is 1. The van der Waals surface area contributed by atoms with Crippen molar-refractivity contribution in [2.75, 3.05) is 0 Å². The minimum absolute atomic E-state index is 0.0478. The molecule has 3 aliphatic heterocycles. The third kappa shape index (κ3) is 5.27. The van der Waals surface area contributed by atoms with Crippen molar-refractivity contribution in [3.63, 3.8) is 0 Å². The van der Waals surface area contributed by atoms with Crippen LogP contribution in [0, 0.1) is 0 Å². The maximum absolute atomic E-state index is 13.4. The van der Waals surface area contributed by atoms with Gasteiger partial charge in [0.1, 0.15) is 18.3 Å². The maximum atomic E-state index is 13.4. The van der Waals surface area contributed by atoms with Gasteiger partial charge in [-0.2, -0.15) is 0 Å². The van der Waals surface area contributed by atoms with Gasteiger partial charge in [0.25, 0.3) is 15.9 Å². The summed E-state index contributed by atoms with van der Waals surface area (Å²) in [5.74, 6) is -2.19. The zero-order valence-electron chi connectivity index (χ0n) is 22.9. The summed E-state index contributed by atoms with van der Waals surface area (Å²) in [4.78, 5) is 15.7. The van der Waals surface area contributed by atoms with Gasteiger partial charge >= 0.3 is 0 Å². The number of amides is 1. The first kappa shape index (κ1) is 27.6. The smallest absolute Gasteiger partial charge is 0.267 e. The van der Waals surface area contributed by atoms with Gasteiger partial charge in [-0.15, -0.1) is 4.83 Å². The molecule has 0 radical (unpaired) electrons. The highest BCUT2D eigenvalue weighted by Gasteiger charge is 2.65. The topological polar surface area (TPSA) is 121 Å². The van der Waals surface area contributed by atoms with Gasteiger partial charge in [0.2, 0.25) is 0 Å². The summed E-state index contributed by atoms with van der Waals surface area (Å²) in [6.07, 6.45) is 5.41. The molecule has 39 heavy (non-hydrogen) atoms. The Morgan fingerprint density at radius 3 is 1.92 bits per heavy atom. The van der Waals surface area contributed by atoms with Crippen molar-refractivity contribution in [1.29, 1.82) is 0 Å². The van der Waals surface area contributed by atoms with Crippen LogP contribution < -0.4 is 10.3 Å². The fraction of sp³-hybridized carbons (Fsp3) is 0.750. The number of hydrazine groups is 1. The van der Waals surface area contributed by atoms with E-state index in [1.807, 2.05) is 0 Å². The standard InChI is InChI=1S/C28H40N2O8S/c1-26(2,3)18-10-12-19(13-11-18)39(32,33)30-29-24(31)22-20-21(36-27(35-20)14-6-4-7-15-27)23-25(34-22)38-28(37-23)16-8-5-9-17-28/h10-13,20-23,25,30H,4-9,14-17H2,1-3H3,(H,29,31)/t20-,21+,22?,23-,25-/m1/s1. The lowest BCUT2D eigenvalue weighted by Gasteiger charge is -2.36. The molecule has 2 spiro atoms. The van der Waals surface area contributed by atoms with Crippen molar-refractivity contribution >= 4 is 15.9 Å². The first-order valence-corrected chi connectivity index (χ1v) is 15.8. The predicted molar refractivity (Wildman–Crippen MR) is 140 cm³/mol. The molecular weight excluding hydrogens is 524 g/mol. The summed E-state index contributed by atoms with van der Waals surface area (Å²) in [6.45, 7) is 6.16. The van der Waals surface area contributed by atoms with Gasteiger partial charge in [0.15, 0.2) is 24.0 Å². The van der Waals surface area contributed by atoms with Crippen molar-refractivity contribution in [1.82, 2.24) is 10.3 Å². The van der Waals surface area contributed by atoms with Gasteiger partial charge in [-0.25, -0.2) is 8.42 Å². The molecule has 1 aromatic carbocycles. The highest BCUT2D eigenvalue weighted by atomic mass is 32.2. The van der Waals surface area contributed by atoms with E-state index in [-0.39, 0.29) is 10.3 Å². The molecule has 1 unspecified atom stereocenters. The molecule has 216 valence electrons. The number of hydrogen-bond donors (Lipinski definition) is 2. The van der Waals surface area contributed by atoms with E-state index in [1.54, 1.807) is 12.1 Å². The number of ether oxygens (including phenoxy) is 5. The highest BCUT2D eigenvalue weighted by Crippen LogP contribution is 2.50. The van der Waals surface area contributed by atoms with Gasteiger partial charge in [0.05, 0.1) is 4.90 Å². The molecule has 5 atom stereocenters. The Labute approximate surface area is 230 Å². The Hall–Kier alpha value is -1.60. The van der Waals surface area contributed by atoms with E-state index in [9.17, 15) is 13.2 Å². The first-order valence-electron chi connectivity index (χ1n) is 14.3. The number of hydrogen-bond acceptors (Lipinski definition) is 8. The Bertz CT molecular complexity index is 1170. The van der Waals surface area contributed by atoms with Crippen LogP contribution in [0.2, 0.25) is 0 Å². The molecule has 11 heteroatoms. The third-order valence-electron chi connectivity index (χ3n) is 8.71. The second-order valence-corrected chi connectivity index (χ2v) is 14.3. The molecule has 6 rings (SSSR count). The minimum Gasteiger partial charge on any atom is -0.341 e. The summed E-state index contributed by atoms with van der Waals surface area (Å²) in [5, 5.41) is 0. The molecule has 3 heterocycles. The summed E-state index contributed by atoms with van der Waals surface area (Å²) in [7, 11) is -4.01. The molecule has 5 fully saturated rings. The molecule has 0 bridgehead atoms. The van der Waals surface area contributed by atoms with Crippen LogP contribution in [-0.2, 0) is 43.9 Å². The van der Waals surface area contributed by atoms with E-state index < -0.39 is 58.2 Å². The molecule has 10 nitrogen and oxygen atoms in total. The molecular formula is C28H40N2O8S. The predicted octanol–water partition coefficient (Wildman–Crippen LogP) is 3.54. The number of carbonyl (C=O) groups is 1. The molecule has 1 amide bonds. The Kier molecular flexibility index (Phi) is 7.10. The summed E-state index contributed by atoms with van der Waals surface area (Å²) in [6, 6.07) is 6.61. The average Bonchev–Trinajstić information content (AvgIpc) is 3.45. The minimum atomic E-state index is -4.01. The van der Waals surface area contributed by atoms with Gasteiger partial charge in [0, 0.05) is 25.7 Å². The van der Waals surface area contributed by atoms with Gasteiger partial charge in [-0.1, -0.05) is 45.7 Å². The summed E-state index contributed by atoms with van der Waals surface area (Å²) < 4.78 is 57.9. The fourth-order valence-corrected chi connectivity index (χ4v) is 7.40. The van der Waals surface area contributed by atoms with Crippen LogP contribution in [-0.4, -0.2) is 56.6 Å². The van der Waals surface area contributed by atoms with E-state index in [1.165, 1.54) is 12.1 Å². The highest BCUT2D eigenvalue weighted by molar-refractivity contribution is 7.89. The van der Waals surface area contributed by atoms with Crippen molar-refractivity contribution in [3.05, 3.63) is 29.8 Å². The second-order valence-electron chi connectivity index (χ2n) is 12.6. The normalized spacial score (nSPS) is 33.6. The lowest BCUT2D eigenvalue weighted by Crippen LogP contribution is -2.61. The van der Waals surface area contributed by atoms with Crippen molar-refractivity contribution in [2.24, 2.45) is 0 Å². The van der Waals surface area contributed by atoms with Crippen LogP contribution in [0.5, 0.6) is 0 Å². The Balaban J connectivity index is 1.19. The Morgan fingerprint density at radius 1 is 0.795 bits per heavy atom. The summed E-state index contributed by atoms with van der Waals surface area (Å²) >= 11 is 0. The number of rotatable bonds is 4. The van der Waals surface area contributed by atoms with E-state index in [0.29, 0.717) is 0 Å². The van der Waals surface area contributed by atoms with Crippen molar-refractivity contribution < 1.29 is 36.9 Å². The van der Waals surface area contributed by atoms with Crippen LogP contribution in [0.4, 0.5) is 0 Å². The molecule has 1 aromatic rings. The summed E-state index contributed by atoms with van der Waals surface area (Å²) in [5.41, 5.74) is 3.25. The number of carbonyl (C=O) groups excluding carboxylic acids is 1. The SMILES string of the molecule is CC(C)(C)c1ccc(S(=O)(=O)NNC(=O)C2O[C@@H]3OC4(CCCCC4)O[C@@H]3[C@H]3OC4(CCCCC4)O[C@@H]23)cc1. The third-order valence-corrected chi connectivity index (χ3v) is 9.97.